The number of nitrogens with zero attached hydrogens (tertiary/aromatic N) is 4. The number of nitrogens with one attached hydrogen (secondary N) is 1. The molecule has 0 saturated heterocycles. The van der Waals surface area contributed by atoms with Gasteiger partial charge in [0.25, 0.3) is 0 Å². The minimum atomic E-state index is 1.09. The predicted octanol–water partition coefficient (Wildman–Crippen LogP) is 3.14. The number of H-pyrrole nitrogens is 1. The van der Waals surface area contributed by atoms with Crippen molar-refractivity contribution in [3.8, 4) is 16.8 Å². The Morgan fingerprint density at radius 1 is 1.08 bits per heavy atom. The molecule has 0 amide bonds. The monoisotopic (exact) mass is 327 g/mol. The van der Waals surface area contributed by atoms with Gasteiger partial charge in [-0.3, -0.25) is 4.68 Å². The molecule has 0 fully saturated rings. The van der Waals surface area contributed by atoms with Crippen molar-refractivity contribution < 1.29 is 4.57 Å². The van der Waals surface area contributed by atoms with E-state index in [-0.39, 0.29) is 0 Å². The maximum absolute atomic E-state index is 4.31. The van der Waals surface area contributed by atoms with Gasteiger partial charge in [-0.1, -0.05) is 36.4 Å². The third-order valence-corrected chi connectivity index (χ3v) is 4.63. The normalized spacial score (nSPS) is 11.6. The maximum Gasteiger partial charge on any atom is 0.243 e. The molecule has 1 N–H and O–H groups in total. The molecule has 25 heavy (non-hydrogen) atoms. The molecule has 5 nitrogen and oxygen atoms in total. The van der Waals surface area contributed by atoms with Crippen LogP contribution in [0.4, 0.5) is 0 Å². The summed E-state index contributed by atoms with van der Waals surface area (Å²) in [6.45, 7) is 0. The lowest BCUT2D eigenvalue weighted by molar-refractivity contribution is -0.674. The van der Waals surface area contributed by atoms with Crippen LogP contribution in [-0.4, -0.2) is 19.3 Å². The molecule has 0 aliphatic carbocycles. The van der Waals surface area contributed by atoms with E-state index in [1.54, 1.807) is 0 Å². The molecule has 0 aliphatic rings. The molecule has 3 aromatic heterocycles. The molecule has 2 aromatic carbocycles. The van der Waals surface area contributed by atoms with E-state index >= 15 is 0 Å². The fourth-order valence-corrected chi connectivity index (χ4v) is 3.47. The molecule has 122 valence electrons. The van der Waals surface area contributed by atoms with Crippen LogP contribution < -0.4 is 4.57 Å². The highest BCUT2D eigenvalue weighted by atomic mass is 15.2. The number of aromatic amines is 1. The van der Waals surface area contributed by atoms with Crippen LogP contribution in [0.3, 0.4) is 0 Å². The first kappa shape index (κ1) is 14.0. The standard InChI is InChI=1S/C20H17N5/c1-23-9-10-25(13-23)18-8-4-7-17-16-6-3-5-15(19(16)22-20(17)18)14-11-21-24(2)12-14/h3-12,22H,1-2H3. The smallest absolute Gasteiger partial charge is 0.243 e. The largest absolute Gasteiger partial charge is 0.358 e. The molecule has 0 bridgehead atoms. The Kier molecular flexibility index (Phi) is 2.85. The van der Waals surface area contributed by atoms with Gasteiger partial charge >= 0.3 is 0 Å². The number of rotatable bonds is 2. The predicted molar refractivity (Wildman–Crippen MR) is 97.3 cm³/mol. The van der Waals surface area contributed by atoms with Gasteiger partial charge in [0.1, 0.15) is 0 Å². The zero-order valence-corrected chi connectivity index (χ0v) is 14.1. The van der Waals surface area contributed by atoms with E-state index in [9.17, 15) is 0 Å². The Morgan fingerprint density at radius 2 is 1.88 bits per heavy atom. The lowest BCUT2D eigenvalue weighted by Gasteiger charge is -2.04. The van der Waals surface area contributed by atoms with Gasteiger partial charge in [0.2, 0.25) is 6.33 Å². The average Bonchev–Trinajstić information content (AvgIpc) is 3.32. The number of hydrogen-bond donors (Lipinski definition) is 1. The fraction of sp³-hybridized carbons (Fsp3) is 0.100. The maximum atomic E-state index is 4.31. The molecule has 0 aliphatic heterocycles. The van der Waals surface area contributed by atoms with E-state index in [0.29, 0.717) is 0 Å². The first-order valence-electron chi connectivity index (χ1n) is 8.20. The summed E-state index contributed by atoms with van der Waals surface area (Å²) in [4.78, 5) is 3.64. The average molecular weight is 327 g/mol. The summed E-state index contributed by atoms with van der Waals surface area (Å²) in [7, 11) is 3.91. The number of benzene rings is 2. The summed E-state index contributed by atoms with van der Waals surface area (Å²) >= 11 is 0. The van der Waals surface area contributed by atoms with Crippen LogP contribution in [0.15, 0.2) is 61.2 Å². The van der Waals surface area contributed by atoms with Crippen LogP contribution in [0.25, 0.3) is 38.6 Å². The Balaban J connectivity index is 1.84. The van der Waals surface area contributed by atoms with Crippen LogP contribution in [-0.2, 0) is 14.1 Å². The van der Waals surface area contributed by atoms with Crippen molar-refractivity contribution in [2.75, 3.05) is 0 Å². The zero-order valence-electron chi connectivity index (χ0n) is 14.1. The minimum Gasteiger partial charge on any atom is -0.358 e. The number of para-hydroxylation sites is 2. The second-order valence-electron chi connectivity index (χ2n) is 6.33. The SMILES string of the molecule is Cn1cc(-c2cccc3c2[nH]c2c(-n4[c-][n+](C)cc4)cccc23)cn1. The third-order valence-electron chi connectivity index (χ3n) is 4.63. The Bertz CT molecular complexity index is 1130. The lowest BCUT2D eigenvalue weighted by atomic mass is 10.0. The summed E-state index contributed by atoms with van der Waals surface area (Å²) in [5.41, 5.74) is 5.61. The van der Waals surface area contributed by atoms with Crippen molar-refractivity contribution in [2.24, 2.45) is 14.1 Å². The van der Waals surface area contributed by atoms with Crippen molar-refractivity contribution in [1.29, 1.82) is 0 Å². The fourth-order valence-electron chi connectivity index (χ4n) is 3.47. The zero-order chi connectivity index (χ0) is 17.0. The van der Waals surface area contributed by atoms with Gasteiger partial charge in [-0.15, -0.1) is 0 Å². The highest BCUT2D eigenvalue weighted by Crippen LogP contribution is 2.34. The molecule has 0 atom stereocenters. The lowest BCUT2D eigenvalue weighted by Crippen LogP contribution is -2.24. The van der Waals surface area contributed by atoms with Crippen LogP contribution >= 0.6 is 0 Å². The van der Waals surface area contributed by atoms with E-state index in [4.69, 9.17) is 0 Å². The van der Waals surface area contributed by atoms with Crippen LogP contribution in [0.5, 0.6) is 0 Å². The summed E-state index contributed by atoms with van der Waals surface area (Å²) in [6.07, 6.45) is 11.2. The molecule has 0 saturated carbocycles. The summed E-state index contributed by atoms with van der Waals surface area (Å²) in [5, 5.41) is 6.74. The van der Waals surface area contributed by atoms with E-state index in [1.165, 1.54) is 10.8 Å². The second kappa shape index (κ2) is 5.08. The topological polar surface area (TPSA) is 42.4 Å². The Morgan fingerprint density at radius 3 is 2.60 bits per heavy atom. The van der Waals surface area contributed by atoms with Gasteiger partial charge in [0.15, 0.2) is 0 Å². The molecule has 0 unspecified atom stereocenters. The number of aromatic nitrogens is 5. The van der Waals surface area contributed by atoms with Gasteiger partial charge in [-0.05, 0) is 0 Å². The molecule has 5 rings (SSSR count). The number of fused-ring (bicyclic) bond motifs is 3. The summed E-state index contributed by atoms with van der Waals surface area (Å²) < 4.78 is 5.76. The quantitative estimate of drug-likeness (QED) is 0.393. The first-order chi connectivity index (χ1) is 12.2. The number of hydrogen-bond acceptors (Lipinski definition) is 1. The van der Waals surface area contributed by atoms with E-state index < -0.39 is 0 Å². The second-order valence-corrected chi connectivity index (χ2v) is 6.33. The van der Waals surface area contributed by atoms with Crippen molar-refractivity contribution >= 4 is 21.8 Å². The third kappa shape index (κ3) is 2.09. The van der Waals surface area contributed by atoms with Crippen molar-refractivity contribution in [2.45, 2.75) is 0 Å². The highest BCUT2D eigenvalue weighted by Gasteiger charge is 2.13. The van der Waals surface area contributed by atoms with Gasteiger partial charge in [-0.25, -0.2) is 0 Å². The van der Waals surface area contributed by atoms with Crippen molar-refractivity contribution in [1.82, 2.24) is 19.3 Å². The van der Waals surface area contributed by atoms with E-state index in [0.717, 1.165) is 27.8 Å². The van der Waals surface area contributed by atoms with Crippen molar-refractivity contribution in [3.63, 3.8) is 0 Å². The molecule has 0 spiro atoms. The Labute approximate surface area is 144 Å². The summed E-state index contributed by atoms with van der Waals surface area (Å²) in [6, 6.07) is 12.8. The van der Waals surface area contributed by atoms with Gasteiger partial charge < -0.3 is 14.1 Å². The van der Waals surface area contributed by atoms with Crippen molar-refractivity contribution in [3.05, 3.63) is 67.5 Å². The van der Waals surface area contributed by atoms with Crippen LogP contribution in [0, 0.1) is 6.33 Å². The van der Waals surface area contributed by atoms with Crippen LogP contribution in [0.2, 0.25) is 0 Å². The van der Waals surface area contributed by atoms with Gasteiger partial charge in [0, 0.05) is 47.5 Å². The molecule has 3 heterocycles. The molecular formula is C20H17N5. The minimum absolute atomic E-state index is 1.09. The van der Waals surface area contributed by atoms with Gasteiger partial charge in [0.05, 0.1) is 30.0 Å². The molecular weight excluding hydrogens is 310 g/mol. The molecule has 5 heteroatoms. The number of aryl methyl sites for hydroxylation is 2. The van der Waals surface area contributed by atoms with E-state index in [1.807, 2.05) is 52.7 Å². The van der Waals surface area contributed by atoms with Crippen LogP contribution in [0.1, 0.15) is 0 Å². The number of imidazole rings is 1. The van der Waals surface area contributed by atoms with Gasteiger partial charge in [-0.2, -0.15) is 5.10 Å². The highest BCUT2D eigenvalue weighted by molar-refractivity contribution is 6.13. The first-order valence-corrected chi connectivity index (χ1v) is 8.20. The summed E-state index contributed by atoms with van der Waals surface area (Å²) in [5.74, 6) is 0. The Hall–Kier alpha value is -3.34. The van der Waals surface area contributed by atoms with E-state index in [2.05, 4.69) is 52.8 Å². The molecule has 0 radical (unpaired) electrons. The molecule has 5 aromatic rings.